The fraction of sp³-hybridized carbons (Fsp3) is 0.345. The molecule has 2 N–H and O–H groups in total. The van der Waals surface area contributed by atoms with E-state index in [9.17, 15) is 8.96 Å². The van der Waals surface area contributed by atoms with Crippen LogP contribution < -0.4 is 20.7 Å². The molecule has 0 spiro atoms. The number of rotatable bonds is 7. The molecule has 0 saturated carbocycles. The molecule has 2 atom stereocenters. The Morgan fingerprint density at radius 2 is 2.10 bits per heavy atom. The molecule has 10 heteroatoms. The molecule has 1 saturated heterocycles. The number of hydrogen-bond acceptors (Lipinski definition) is 8. The molecule has 0 radical (unpaired) electrons. The first kappa shape index (κ1) is 27.7. The first-order valence-electron chi connectivity index (χ1n) is 12.7. The highest BCUT2D eigenvalue weighted by Crippen LogP contribution is 2.43. The number of ether oxygens (including phenoxy) is 1. The van der Waals surface area contributed by atoms with Crippen LogP contribution in [0.4, 0.5) is 15.8 Å². The Labute approximate surface area is 237 Å². The summed E-state index contributed by atoms with van der Waals surface area (Å²) in [5.74, 6) is 7.27. The van der Waals surface area contributed by atoms with E-state index in [4.69, 9.17) is 4.74 Å². The molecule has 0 aliphatic carbocycles. The lowest BCUT2D eigenvalue weighted by Crippen LogP contribution is -2.46. The molecule has 2 aromatic heterocycles. The van der Waals surface area contributed by atoms with Crippen LogP contribution in [0.15, 0.2) is 48.1 Å². The van der Waals surface area contributed by atoms with Crippen molar-refractivity contribution in [3.63, 3.8) is 0 Å². The van der Waals surface area contributed by atoms with Crippen molar-refractivity contribution in [1.82, 2.24) is 9.88 Å². The van der Waals surface area contributed by atoms with Gasteiger partial charge in [0, 0.05) is 35.5 Å². The van der Waals surface area contributed by atoms with Gasteiger partial charge in [0.2, 0.25) is 0 Å². The first-order chi connectivity index (χ1) is 18.7. The Kier molecular flexibility index (Phi) is 8.29. The van der Waals surface area contributed by atoms with Gasteiger partial charge in [-0.3, -0.25) is 4.98 Å². The maximum Gasteiger partial charge on any atom is 0.142 e. The molecular formula is C29H32FN4O2PS2. The predicted octanol–water partition coefficient (Wildman–Crippen LogP) is 6.20. The highest BCUT2D eigenvalue weighted by atomic mass is 32.1. The van der Waals surface area contributed by atoms with Gasteiger partial charge in [0.05, 0.1) is 51.0 Å². The number of aromatic nitrogens is 1. The van der Waals surface area contributed by atoms with E-state index in [0.29, 0.717) is 18.8 Å². The Morgan fingerprint density at radius 1 is 1.26 bits per heavy atom. The topological polar surface area (TPSA) is 66.5 Å². The van der Waals surface area contributed by atoms with Crippen molar-refractivity contribution in [2.75, 3.05) is 57.8 Å². The van der Waals surface area contributed by atoms with Gasteiger partial charge in [-0.25, -0.2) is 4.39 Å². The van der Waals surface area contributed by atoms with Gasteiger partial charge >= 0.3 is 0 Å². The second-order valence-corrected chi connectivity index (χ2v) is 15.2. The van der Waals surface area contributed by atoms with E-state index in [-0.39, 0.29) is 6.04 Å². The largest absolute Gasteiger partial charge is 0.495 e. The number of nitrogens with zero attached hydrogens (tertiary/aromatic N) is 2. The number of hydrogen-bond donors (Lipinski definition) is 2. The summed E-state index contributed by atoms with van der Waals surface area (Å²) in [5, 5.41) is 8.69. The number of anilines is 2. The predicted molar refractivity (Wildman–Crippen MR) is 165 cm³/mol. The fourth-order valence-corrected chi connectivity index (χ4v) is 7.53. The number of halogens is 1. The number of benzene rings is 2. The number of alkyl halides is 1. The summed E-state index contributed by atoms with van der Waals surface area (Å²) in [7, 11) is 1.18. The summed E-state index contributed by atoms with van der Waals surface area (Å²) in [6, 6.07) is 11.5. The molecule has 0 bridgehead atoms. The second-order valence-electron chi connectivity index (χ2n) is 10.1. The van der Waals surface area contributed by atoms with Crippen molar-refractivity contribution in [2.45, 2.75) is 18.6 Å². The molecule has 4 aromatic rings. The van der Waals surface area contributed by atoms with Crippen molar-refractivity contribution in [1.29, 1.82) is 0 Å². The maximum atomic E-state index is 14.8. The SMILES string of the molecule is COc1cc(P(C)(C)=O)ccc1NCC#Cc1sc2c(NC3CCN(C)C[C@H]3F)cccc2c1-c1cncs1. The van der Waals surface area contributed by atoms with Crippen molar-refractivity contribution in [2.24, 2.45) is 0 Å². The molecule has 3 heterocycles. The zero-order valence-electron chi connectivity index (χ0n) is 22.5. The average Bonchev–Trinajstić information content (AvgIpc) is 3.55. The third-order valence-electron chi connectivity index (χ3n) is 6.86. The minimum Gasteiger partial charge on any atom is -0.495 e. The molecule has 2 aromatic carbocycles. The summed E-state index contributed by atoms with van der Waals surface area (Å²) in [5.41, 5.74) is 4.64. The Balaban J connectivity index is 1.43. The molecule has 1 fully saturated rings. The van der Waals surface area contributed by atoms with Gasteiger partial charge < -0.3 is 24.8 Å². The number of thiophene rings is 1. The molecule has 1 unspecified atom stereocenters. The summed E-state index contributed by atoms with van der Waals surface area (Å²) in [4.78, 5) is 8.34. The molecule has 5 rings (SSSR count). The van der Waals surface area contributed by atoms with Gasteiger partial charge in [-0.1, -0.05) is 24.0 Å². The van der Waals surface area contributed by atoms with Gasteiger partial charge in [0.15, 0.2) is 0 Å². The van der Waals surface area contributed by atoms with Crippen molar-refractivity contribution < 1.29 is 13.7 Å². The average molecular weight is 583 g/mol. The Hall–Kier alpha value is -2.89. The van der Waals surface area contributed by atoms with Crippen molar-refractivity contribution >= 4 is 56.6 Å². The minimum atomic E-state index is -2.38. The molecule has 1 aliphatic rings. The first-order valence-corrected chi connectivity index (χ1v) is 17.0. The highest BCUT2D eigenvalue weighted by molar-refractivity contribution is 7.70. The smallest absolute Gasteiger partial charge is 0.142 e. The Morgan fingerprint density at radius 3 is 2.82 bits per heavy atom. The fourth-order valence-electron chi connectivity index (χ4n) is 4.75. The molecule has 1 aliphatic heterocycles. The summed E-state index contributed by atoms with van der Waals surface area (Å²) in [6.45, 7) is 5.22. The lowest BCUT2D eigenvalue weighted by molar-refractivity contribution is 0.149. The molecule has 204 valence electrons. The van der Waals surface area contributed by atoms with Gasteiger partial charge in [-0.2, -0.15) is 0 Å². The van der Waals surface area contributed by atoms with Gasteiger partial charge in [0.25, 0.3) is 0 Å². The van der Waals surface area contributed by atoms with E-state index in [1.807, 2.05) is 54.0 Å². The summed E-state index contributed by atoms with van der Waals surface area (Å²) in [6.07, 6.45) is 1.72. The Bertz CT molecular complexity index is 1570. The highest BCUT2D eigenvalue weighted by Gasteiger charge is 2.28. The van der Waals surface area contributed by atoms with E-state index in [0.717, 1.165) is 55.0 Å². The summed E-state index contributed by atoms with van der Waals surface area (Å²) >= 11 is 3.21. The van der Waals surface area contributed by atoms with Crippen molar-refractivity contribution in [3.05, 3.63) is 53.0 Å². The van der Waals surface area contributed by atoms with Gasteiger partial charge in [0.1, 0.15) is 19.1 Å². The molecular weight excluding hydrogens is 550 g/mol. The van der Waals surface area contributed by atoms with E-state index >= 15 is 0 Å². The van der Waals surface area contributed by atoms with Gasteiger partial charge in [-0.05, 0) is 51.1 Å². The van der Waals surface area contributed by atoms with Crippen LogP contribution in [0.3, 0.4) is 0 Å². The number of methoxy groups -OCH3 is 1. The summed E-state index contributed by atoms with van der Waals surface area (Å²) < 4.78 is 33.9. The van der Waals surface area contributed by atoms with Crippen LogP contribution in [0.2, 0.25) is 0 Å². The number of fused-ring (bicyclic) bond motifs is 1. The number of thiazole rings is 1. The normalized spacial score (nSPS) is 18.0. The van der Waals surface area contributed by atoms with Crippen LogP contribution >= 0.6 is 29.8 Å². The third-order valence-corrected chi connectivity index (χ3v) is 10.3. The standard InChI is InChI=1S/C29H32FN4O2PS2/c1-34-14-12-22(21(30)17-34)33-24-8-5-7-20-28(27-16-31-18-38-27)26(39-29(20)24)9-6-13-32-23-11-10-19(37(3,4)35)15-25(23)36-2/h5,7-8,10-11,15-16,18,21-22,32-33H,12-14,17H2,1-4H3/t21-,22?/m1/s1. The quantitative estimate of drug-likeness (QED) is 0.200. The number of piperidine rings is 1. The van der Waals surface area contributed by atoms with Crippen LogP contribution in [-0.4, -0.2) is 69.2 Å². The van der Waals surface area contributed by atoms with E-state index in [2.05, 4.69) is 33.5 Å². The van der Waals surface area contributed by atoms with Crippen LogP contribution in [-0.2, 0) is 4.57 Å². The minimum absolute atomic E-state index is 0.213. The zero-order valence-corrected chi connectivity index (χ0v) is 25.0. The van der Waals surface area contributed by atoms with E-state index < -0.39 is 13.3 Å². The lowest BCUT2D eigenvalue weighted by atomic mass is 10.0. The monoisotopic (exact) mass is 582 g/mol. The van der Waals surface area contributed by atoms with E-state index in [1.165, 1.54) is 0 Å². The lowest BCUT2D eigenvalue weighted by Gasteiger charge is -2.33. The molecule has 0 amide bonds. The number of nitrogens with one attached hydrogen (secondary N) is 2. The van der Waals surface area contributed by atoms with Crippen molar-refractivity contribution in [3.8, 4) is 28.0 Å². The van der Waals surface area contributed by atoms with Crippen LogP contribution in [0.1, 0.15) is 11.3 Å². The number of likely N-dealkylation sites (tertiary alicyclic amines) is 1. The van der Waals surface area contributed by atoms with Gasteiger partial charge in [-0.15, -0.1) is 22.7 Å². The molecule has 6 nitrogen and oxygen atoms in total. The van der Waals surface area contributed by atoms with Crippen LogP contribution in [0, 0.1) is 11.8 Å². The van der Waals surface area contributed by atoms with Crippen LogP contribution in [0.25, 0.3) is 20.5 Å². The maximum absolute atomic E-state index is 14.8. The zero-order chi connectivity index (χ0) is 27.6. The third kappa shape index (κ3) is 6.15. The molecule has 39 heavy (non-hydrogen) atoms. The van der Waals surface area contributed by atoms with E-state index in [1.54, 1.807) is 43.1 Å². The van der Waals surface area contributed by atoms with Crippen LogP contribution in [0.5, 0.6) is 5.75 Å². The second kappa shape index (κ2) is 11.7.